The van der Waals surface area contributed by atoms with Crippen molar-refractivity contribution in [3.8, 4) is 0 Å². The van der Waals surface area contributed by atoms with Crippen LogP contribution in [-0.2, 0) is 11.8 Å². The van der Waals surface area contributed by atoms with Crippen LogP contribution in [0, 0.1) is 19.7 Å². The summed E-state index contributed by atoms with van der Waals surface area (Å²) in [6.45, 7) is 9.52. The molecule has 2 aromatic rings. The van der Waals surface area contributed by atoms with Gasteiger partial charge in [0.05, 0.1) is 5.69 Å². The van der Waals surface area contributed by atoms with E-state index in [0.717, 1.165) is 42.4 Å². The highest BCUT2D eigenvalue weighted by Crippen LogP contribution is 2.22. The number of benzene rings is 1. The zero-order chi connectivity index (χ0) is 19.2. The Labute approximate surface area is 178 Å². The van der Waals surface area contributed by atoms with Gasteiger partial charge in [-0.3, -0.25) is 4.99 Å². The number of hydrogen-bond donors (Lipinski definition) is 2. The van der Waals surface area contributed by atoms with Gasteiger partial charge in [0.2, 0.25) is 0 Å². The first-order valence-corrected chi connectivity index (χ1v) is 8.96. The average molecular weight is 488 g/mol. The molecule has 0 spiro atoms. The lowest BCUT2D eigenvalue weighted by molar-refractivity contribution is 0.392. The Morgan fingerprint density at radius 1 is 1.26 bits per heavy atom. The molecule has 0 atom stereocenters. The van der Waals surface area contributed by atoms with Gasteiger partial charge in [-0.1, -0.05) is 31.1 Å². The highest BCUT2D eigenvalue weighted by atomic mass is 127. The Bertz CT molecular complexity index is 739. The Morgan fingerprint density at radius 3 is 2.59 bits per heavy atom. The van der Waals surface area contributed by atoms with Crippen molar-refractivity contribution in [3.63, 3.8) is 0 Å². The van der Waals surface area contributed by atoms with Gasteiger partial charge < -0.3 is 15.2 Å². The van der Waals surface area contributed by atoms with Gasteiger partial charge in [-0.25, -0.2) is 4.39 Å². The second kappa shape index (κ2) is 10.6. The zero-order valence-electron chi connectivity index (χ0n) is 16.7. The molecular formula is C20H30FIN4O. The van der Waals surface area contributed by atoms with Gasteiger partial charge in [-0.15, -0.1) is 24.0 Å². The fourth-order valence-corrected chi connectivity index (χ4v) is 2.87. The van der Waals surface area contributed by atoms with Crippen LogP contribution >= 0.6 is 24.0 Å². The molecule has 2 N–H and O–H groups in total. The van der Waals surface area contributed by atoms with Crippen LogP contribution in [0.3, 0.4) is 0 Å². The van der Waals surface area contributed by atoms with Crippen molar-refractivity contribution in [2.75, 3.05) is 20.1 Å². The normalized spacial score (nSPS) is 11.9. The molecular weight excluding hydrogens is 458 g/mol. The van der Waals surface area contributed by atoms with Crippen molar-refractivity contribution in [2.24, 2.45) is 4.99 Å². The molecule has 0 fully saturated rings. The second-order valence-electron chi connectivity index (χ2n) is 7.15. The Hall–Kier alpha value is -1.64. The van der Waals surface area contributed by atoms with Crippen molar-refractivity contribution >= 4 is 29.9 Å². The van der Waals surface area contributed by atoms with Crippen LogP contribution in [0.4, 0.5) is 4.39 Å². The van der Waals surface area contributed by atoms with Crippen molar-refractivity contribution in [3.05, 3.63) is 52.7 Å². The van der Waals surface area contributed by atoms with E-state index in [0.29, 0.717) is 6.54 Å². The van der Waals surface area contributed by atoms with Crippen molar-refractivity contribution in [1.29, 1.82) is 0 Å². The molecule has 0 aliphatic heterocycles. The number of nitrogens with one attached hydrogen (secondary N) is 2. The van der Waals surface area contributed by atoms with E-state index in [2.05, 4.69) is 34.6 Å². The van der Waals surface area contributed by atoms with Crippen LogP contribution in [0.1, 0.15) is 42.8 Å². The number of aliphatic imine (C=N–C) groups is 1. The van der Waals surface area contributed by atoms with E-state index in [1.807, 2.05) is 19.9 Å². The number of aromatic nitrogens is 1. The third-order valence-electron chi connectivity index (χ3n) is 4.60. The van der Waals surface area contributed by atoms with E-state index in [1.54, 1.807) is 19.2 Å². The van der Waals surface area contributed by atoms with E-state index >= 15 is 0 Å². The summed E-state index contributed by atoms with van der Waals surface area (Å²) in [5, 5.41) is 10.6. The maximum atomic E-state index is 13.5. The van der Waals surface area contributed by atoms with Crippen LogP contribution in [0.2, 0.25) is 0 Å². The molecule has 2 rings (SSSR count). The summed E-state index contributed by atoms with van der Waals surface area (Å²) in [5.41, 5.74) is 2.89. The number of rotatable bonds is 7. The monoisotopic (exact) mass is 488 g/mol. The Morgan fingerprint density at radius 2 is 2.00 bits per heavy atom. The maximum Gasteiger partial charge on any atom is 0.191 e. The molecule has 0 saturated heterocycles. The fourth-order valence-electron chi connectivity index (χ4n) is 2.87. The number of hydrogen-bond acceptors (Lipinski definition) is 3. The first-order valence-electron chi connectivity index (χ1n) is 8.96. The maximum absolute atomic E-state index is 13.5. The third kappa shape index (κ3) is 6.79. The smallest absolute Gasteiger partial charge is 0.191 e. The summed E-state index contributed by atoms with van der Waals surface area (Å²) < 4.78 is 18.7. The molecule has 1 aromatic heterocycles. The van der Waals surface area contributed by atoms with Crippen LogP contribution in [0.25, 0.3) is 0 Å². The molecule has 0 aliphatic rings. The lowest BCUT2D eigenvalue weighted by Crippen LogP contribution is -2.43. The molecule has 0 amide bonds. The molecule has 1 aromatic carbocycles. The minimum absolute atomic E-state index is 0. The molecule has 0 aliphatic carbocycles. The molecule has 1 heterocycles. The average Bonchev–Trinajstić information content (AvgIpc) is 2.92. The summed E-state index contributed by atoms with van der Waals surface area (Å²) in [5.74, 6) is 1.42. The van der Waals surface area contributed by atoms with Gasteiger partial charge in [0, 0.05) is 31.1 Å². The summed E-state index contributed by atoms with van der Waals surface area (Å²) >= 11 is 0. The van der Waals surface area contributed by atoms with Gasteiger partial charge in [0.1, 0.15) is 11.6 Å². The molecule has 0 radical (unpaired) electrons. The zero-order valence-corrected chi connectivity index (χ0v) is 19.1. The SMILES string of the molecule is CN=C(NCCCc1c(C)noc1C)NCC(C)(C)c1cccc(F)c1.I. The molecule has 0 unspecified atom stereocenters. The fraction of sp³-hybridized carbons (Fsp3) is 0.500. The molecule has 0 saturated carbocycles. The Balaban J connectivity index is 0.00000364. The molecule has 5 nitrogen and oxygen atoms in total. The van der Waals surface area contributed by atoms with E-state index in [9.17, 15) is 4.39 Å². The topological polar surface area (TPSA) is 62.5 Å². The predicted molar refractivity (Wildman–Crippen MR) is 119 cm³/mol. The minimum atomic E-state index is -0.212. The van der Waals surface area contributed by atoms with Crippen LogP contribution in [-0.4, -0.2) is 31.3 Å². The van der Waals surface area contributed by atoms with E-state index in [1.165, 1.54) is 11.6 Å². The summed E-state index contributed by atoms with van der Waals surface area (Å²) in [4.78, 5) is 4.26. The summed E-state index contributed by atoms with van der Waals surface area (Å²) in [7, 11) is 1.75. The molecule has 27 heavy (non-hydrogen) atoms. The second-order valence-corrected chi connectivity index (χ2v) is 7.15. The van der Waals surface area contributed by atoms with E-state index in [4.69, 9.17) is 4.52 Å². The van der Waals surface area contributed by atoms with Crippen molar-refractivity contribution < 1.29 is 8.91 Å². The van der Waals surface area contributed by atoms with Gasteiger partial charge in [0.15, 0.2) is 5.96 Å². The van der Waals surface area contributed by atoms with Crippen LogP contribution in [0.5, 0.6) is 0 Å². The summed E-state index contributed by atoms with van der Waals surface area (Å²) in [6.07, 6.45) is 1.87. The largest absolute Gasteiger partial charge is 0.361 e. The van der Waals surface area contributed by atoms with Crippen LogP contribution < -0.4 is 10.6 Å². The van der Waals surface area contributed by atoms with Gasteiger partial charge in [-0.05, 0) is 44.4 Å². The van der Waals surface area contributed by atoms with Crippen molar-refractivity contribution in [1.82, 2.24) is 15.8 Å². The number of guanidine groups is 1. The first-order chi connectivity index (χ1) is 12.3. The van der Waals surface area contributed by atoms with Gasteiger partial charge in [-0.2, -0.15) is 0 Å². The summed E-state index contributed by atoms with van der Waals surface area (Å²) in [6, 6.07) is 6.74. The number of halogens is 2. The number of nitrogens with zero attached hydrogens (tertiary/aromatic N) is 2. The standard InChI is InChI=1S/C20H29FN4O.HI/c1-14-18(15(2)26-25-14)10-7-11-23-19(22-5)24-13-20(3,4)16-8-6-9-17(21)12-16;/h6,8-9,12H,7,10-11,13H2,1-5H3,(H2,22,23,24);1H. The lowest BCUT2D eigenvalue weighted by atomic mass is 9.84. The highest BCUT2D eigenvalue weighted by molar-refractivity contribution is 14.0. The van der Waals surface area contributed by atoms with Crippen molar-refractivity contribution in [2.45, 2.75) is 46.0 Å². The number of aryl methyl sites for hydroxylation is 2. The lowest BCUT2D eigenvalue weighted by Gasteiger charge is -2.26. The quantitative estimate of drug-likeness (QED) is 0.267. The Kier molecular flexibility index (Phi) is 9.21. The van der Waals surface area contributed by atoms with E-state index < -0.39 is 0 Å². The molecule has 7 heteroatoms. The van der Waals surface area contributed by atoms with Crippen LogP contribution in [0.15, 0.2) is 33.8 Å². The van der Waals surface area contributed by atoms with Gasteiger partial charge >= 0.3 is 0 Å². The molecule has 150 valence electrons. The van der Waals surface area contributed by atoms with Gasteiger partial charge in [0.25, 0.3) is 0 Å². The third-order valence-corrected chi connectivity index (χ3v) is 4.60. The molecule has 0 bridgehead atoms. The predicted octanol–water partition coefficient (Wildman–Crippen LogP) is 4.12. The highest BCUT2D eigenvalue weighted by Gasteiger charge is 2.21. The minimum Gasteiger partial charge on any atom is -0.361 e. The van der Waals surface area contributed by atoms with E-state index in [-0.39, 0.29) is 35.2 Å². The first kappa shape index (κ1) is 23.4.